The fourth-order valence-corrected chi connectivity index (χ4v) is 2.89. The number of benzene rings is 1. The molecule has 1 aliphatic rings. The third-order valence-corrected chi connectivity index (χ3v) is 4.13. The SMILES string of the molecule is CCCNC(=O)C1CCCN(c2cc(OC)c(F)cc2[N+](=O)[O-])C1. The van der Waals surface area contributed by atoms with Gasteiger partial charge in [-0.15, -0.1) is 0 Å². The second-order valence-electron chi connectivity index (χ2n) is 5.81. The summed E-state index contributed by atoms with van der Waals surface area (Å²) in [7, 11) is 1.31. The largest absolute Gasteiger partial charge is 0.494 e. The van der Waals surface area contributed by atoms with Gasteiger partial charge in [-0.05, 0) is 19.3 Å². The van der Waals surface area contributed by atoms with Gasteiger partial charge in [0.25, 0.3) is 5.69 Å². The summed E-state index contributed by atoms with van der Waals surface area (Å²) >= 11 is 0. The molecule has 0 saturated carbocycles. The maximum Gasteiger partial charge on any atom is 0.295 e. The van der Waals surface area contributed by atoms with Gasteiger partial charge < -0.3 is 15.0 Å². The molecule has 0 bridgehead atoms. The highest BCUT2D eigenvalue weighted by Crippen LogP contribution is 2.36. The molecule has 132 valence electrons. The Labute approximate surface area is 139 Å². The summed E-state index contributed by atoms with van der Waals surface area (Å²) in [6, 6.07) is 2.20. The number of carbonyl (C=O) groups excluding carboxylic acids is 1. The van der Waals surface area contributed by atoms with E-state index >= 15 is 0 Å². The number of hydrogen-bond donors (Lipinski definition) is 1. The lowest BCUT2D eigenvalue weighted by Crippen LogP contribution is -2.43. The van der Waals surface area contributed by atoms with Crippen molar-refractivity contribution in [2.45, 2.75) is 26.2 Å². The number of nitro benzene ring substituents is 1. The van der Waals surface area contributed by atoms with Gasteiger partial charge in [-0.3, -0.25) is 14.9 Å². The van der Waals surface area contributed by atoms with Gasteiger partial charge in [0, 0.05) is 25.7 Å². The summed E-state index contributed by atoms with van der Waals surface area (Å²) in [6.45, 7) is 3.53. The maximum atomic E-state index is 13.8. The Kier molecular flexibility index (Phi) is 5.94. The molecule has 1 N–H and O–H groups in total. The van der Waals surface area contributed by atoms with Crippen LogP contribution < -0.4 is 15.0 Å². The molecule has 1 aliphatic heterocycles. The van der Waals surface area contributed by atoms with Crippen LogP contribution in [-0.2, 0) is 4.79 Å². The molecule has 7 nitrogen and oxygen atoms in total. The molecule has 1 aromatic rings. The molecule has 0 aliphatic carbocycles. The first-order valence-corrected chi connectivity index (χ1v) is 8.02. The van der Waals surface area contributed by atoms with E-state index in [1.165, 1.54) is 13.2 Å². The van der Waals surface area contributed by atoms with E-state index < -0.39 is 10.7 Å². The second-order valence-corrected chi connectivity index (χ2v) is 5.81. The minimum absolute atomic E-state index is 0.0433. The van der Waals surface area contributed by atoms with E-state index in [4.69, 9.17) is 4.74 Å². The van der Waals surface area contributed by atoms with Gasteiger partial charge in [0.2, 0.25) is 5.91 Å². The maximum absolute atomic E-state index is 13.8. The summed E-state index contributed by atoms with van der Waals surface area (Å²) in [5, 5.41) is 14.1. The second kappa shape index (κ2) is 7.94. The fourth-order valence-electron chi connectivity index (χ4n) is 2.89. The van der Waals surface area contributed by atoms with Gasteiger partial charge in [0.1, 0.15) is 5.69 Å². The van der Waals surface area contributed by atoms with Crippen LogP contribution in [0.25, 0.3) is 0 Å². The van der Waals surface area contributed by atoms with E-state index in [9.17, 15) is 19.3 Å². The highest BCUT2D eigenvalue weighted by atomic mass is 19.1. The molecule has 1 heterocycles. The first-order chi connectivity index (χ1) is 11.5. The smallest absolute Gasteiger partial charge is 0.295 e. The standard InChI is InChI=1S/C16H22FN3O4/c1-3-6-18-16(21)11-5-4-7-19(10-11)13-9-15(24-2)12(17)8-14(13)20(22)23/h8-9,11H,3-7,10H2,1-2H3,(H,18,21). The number of ether oxygens (including phenoxy) is 1. The number of nitrogens with one attached hydrogen (secondary N) is 1. The van der Waals surface area contributed by atoms with E-state index in [1.807, 2.05) is 6.92 Å². The average molecular weight is 339 g/mol. The lowest BCUT2D eigenvalue weighted by Gasteiger charge is -2.33. The monoisotopic (exact) mass is 339 g/mol. The van der Waals surface area contributed by atoms with E-state index in [-0.39, 0.29) is 28.9 Å². The van der Waals surface area contributed by atoms with Crippen LogP contribution in [0.3, 0.4) is 0 Å². The van der Waals surface area contributed by atoms with Crippen molar-refractivity contribution in [3.8, 4) is 5.75 Å². The zero-order valence-electron chi connectivity index (χ0n) is 13.9. The molecule has 1 fully saturated rings. The average Bonchev–Trinajstić information content (AvgIpc) is 2.59. The normalized spacial score (nSPS) is 17.5. The van der Waals surface area contributed by atoms with Gasteiger partial charge in [0.05, 0.1) is 24.0 Å². The highest BCUT2D eigenvalue weighted by Gasteiger charge is 2.30. The van der Waals surface area contributed by atoms with Gasteiger partial charge in [-0.2, -0.15) is 0 Å². The molecular formula is C16H22FN3O4. The highest BCUT2D eigenvalue weighted by molar-refractivity contribution is 5.80. The number of amides is 1. The Morgan fingerprint density at radius 1 is 1.54 bits per heavy atom. The summed E-state index contributed by atoms with van der Waals surface area (Å²) in [5.74, 6) is -1.10. The van der Waals surface area contributed by atoms with Crippen LogP contribution in [0.15, 0.2) is 12.1 Å². The molecule has 1 unspecified atom stereocenters. The lowest BCUT2D eigenvalue weighted by molar-refractivity contribution is -0.384. The van der Waals surface area contributed by atoms with Crippen molar-refractivity contribution in [3.63, 3.8) is 0 Å². The Morgan fingerprint density at radius 2 is 2.29 bits per heavy atom. The zero-order chi connectivity index (χ0) is 17.7. The third kappa shape index (κ3) is 3.93. The number of carbonyl (C=O) groups is 1. The van der Waals surface area contributed by atoms with Gasteiger partial charge in [-0.25, -0.2) is 4.39 Å². The molecule has 2 rings (SSSR count). The first-order valence-electron chi connectivity index (χ1n) is 8.02. The van der Waals surface area contributed by atoms with Crippen LogP contribution in [0.1, 0.15) is 26.2 Å². The summed E-state index contributed by atoms with van der Waals surface area (Å²) in [6.07, 6.45) is 2.32. The molecule has 1 saturated heterocycles. The van der Waals surface area contributed by atoms with Crippen molar-refractivity contribution >= 4 is 17.3 Å². The predicted molar refractivity (Wildman–Crippen MR) is 87.8 cm³/mol. The predicted octanol–water partition coefficient (Wildman–Crippen LogP) is 2.49. The number of methoxy groups -OCH3 is 1. The molecule has 0 aromatic heterocycles. The number of halogens is 1. The molecule has 0 spiro atoms. The fraction of sp³-hybridized carbons (Fsp3) is 0.562. The minimum Gasteiger partial charge on any atom is -0.494 e. The van der Waals surface area contributed by atoms with Gasteiger partial charge >= 0.3 is 0 Å². The van der Waals surface area contributed by atoms with Gasteiger partial charge in [0.15, 0.2) is 11.6 Å². The number of nitrogens with zero attached hydrogens (tertiary/aromatic N) is 2. The van der Waals surface area contributed by atoms with Gasteiger partial charge in [-0.1, -0.05) is 6.92 Å². The van der Waals surface area contributed by atoms with Crippen molar-refractivity contribution in [2.75, 3.05) is 31.6 Å². The minimum atomic E-state index is -0.776. The molecule has 24 heavy (non-hydrogen) atoms. The lowest BCUT2D eigenvalue weighted by atomic mass is 9.96. The van der Waals surface area contributed by atoms with Crippen LogP contribution >= 0.6 is 0 Å². The van der Waals surface area contributed by atoms with Crippen molar-refractivity contribution < 1.29 is 18.8 Å². The van der Waals surface area contributed by atoms with Crippen LogP contribution in [0.2, 0.25) is 0 Å². The van der Waals surface area contributed by atoms with Crippen LogP contribution in [0, 0.1) is 21.8 Å². The Morgan fingerprint density at radius 3 is 2.92 bits per heavy atom. The third-order valence-electron chi connectivity index (χ3n) is 4.13. The van der Waals surface area contributed by atoms with Crippen LogP contribution in [0.5, 0.6) is 5.75 Å². The Bertz CT molecular complexity index is 624. The Hall–Kier alpha value is -2.38. The summed E-state index contributed by atoms with van der Waals surface area (Å²) in [5.41, 5.74) is -0.0332. The van der Waals surface area contributed by atoms with Crippen molar-refractivity contribution in [2.24, 2.45) is 5.92 Å². The first kappa shape index (κ1) is 18.0. The topological polar surface area (TPSA) is 84.7 Å². The Balaban J connectivity index is 2.26. The number of piperidine rings is 1. The molecule has 1 amide bonds. The van der Waals surface area contributed by atoms with E-state index in [0.29, 0.717) is 19.6 Å². The molecule has 1 aromatic carbocycles. The van der Waals surface area contributed by atoms with Crippen molar-refractivity contribution in [1.82, 2.24) is 5.32 Å². The summed E-state index contributed by atoms with van der Waals surface area (Å²) < 4.78 is 18.7. The molecule has 8 heteroatoms. The quantitative estimate of drug-likeness (QED) is 0.636. The molecular weight excluding hydrogens is 317 g/mol. The zero-order valence-corrected chi connectivity index (χ0v) is 13.9. The number of anilines is 1. The summed E-state index contributed by atoms with van der Waals surface area (Å²) in [4.78, 5) is 24.6. The van der Waals surface area contributed by atoms with Crippen molar-refractivity contribution in [3.05, 3.63) is 28.1 Å². The van der Waals surface area contributed by atoms with E-state index in [1.54, 1.807) is 4.90 Å². The van der Waals surface area contributed by atoms with Crippen molar-refractivity contribution in [1.29, 1.82) is 0 Å². The van der Waals surface area contributed by atoms with Crippen LogP contribution in [0.4, 0.5) is 15.8 Å². The number of nitro groups is 1. The molecule has 0 radical (unpaired) electrons. The van der Waals surface area contributed by atoms with E-state index in [0.717, 1.165) is 25.3 Å². The number of hydrogen-bond acceptors (Lipinski definition) is 5. The van der Waals surface area contributed by atoms with Crippen LogP contribution in [-0.4, -0.2) is 37.6 Å². The molecule has 1 atom stereocenters. The number of rotatable bonds is 6. The van der Waals surface area contributed by atoms with E-state index in [2.05, 4.69) is 5.32 Å².